The van der Waals surface area contributed by atoms with E-state index in [9.17, 15) is 18.0 Å². The van der Waals surface area contributed by atoms with Crippen molar-refractivity contribution in [2.24, 2.45) is 0 Å². The van der Waals surface area contributed by atoms with Crippen LogP contribution in [0.4, 0.5) is 5.69 Å². The highest BCUT2D eigenvalue weighted by Crippen LogP contribution is 2.24. The maximum absolute atomic E-state index is 13.5. The molecule has 0 radical (unpaired) electrons. The van der Waals surface area contributed by atoms with Gasteiger partial charge in [-0.3, -0.25) is 13.9 Å². The predicted molar refractivity (Wildman–Crippen MR) is 138 cm³/mol. The summed E-state index contributed by atoms with van der Waals surface area (Å²) in [6.07, 6.45) is 1.04. The van der Waals surface area contributed by atoms with Gasteiger partial charge in [-0.2, -0.15) is 0 Å². The summed E-state index contributed by atoms with van der Waals surface area (Å²) < 4.78 is 26.1. The number of halogens is 2. The van der Waals surface area contributed by atoms with Gasteiger partial charge in [-0.05, 0) is 64.4 Å². The molecule has 0 saturated carbocycles. The number of carbonyl (C=O) groups is 2. The quantitative estimate of drug-likeness (QED) is 0.551. The largest absolute Gasteiger partial charge is 0.350 e. The molecule has 2 amide bonds. The SMILES string of the molecule is Cc1ccc(N(CC(=O)N(Cc2ccc(Cl)cc2Cl)C(C)C(=O)NC(C)(C)C)S(C)(=O)=O)cc1. The molecular formula is C24H31Cl2N3O4S. The van der Waals surface area contributed by atoms with Crippen molar-refractivity contribution in [3.05, 3.63) is 63.6 Å². The van der Waals surface area contributed by atoms with Crippen LogP contribution in [0, 0.1) is 6.92 Å². The molecule has 1 unspecified atom stereocenters. The Morgan fingerprint density at radius 3 is 2.15 bits per heavy atom. The lowest BCUT2D eigenvalue weighted by atomic mass is 10.1. The zero-order valence-electron chi connectivity index (χ0n) is 20.2. The van der Waals surface area contributed by atoms with Crippen molar-refractivity contribution in [3.63, 3.8) is 0 Å². The minimum Gasteiger partial charge on any atom is -0.350 e. The third-order valence-corrected chi connectivity index (χ3v) is 6.75. The zero-order chi connectivity index (χ0) is 25.8. The minimum absolute atomic E-state index is 0.000928. The number of amides is 2. The second-order valence-corrected chi connectivity index (χ2v) is 12.0. The van der Waals surface area contributed by atoms with Gasteiger partial charge in [0.2, 0.25) is 21.8 Å². The molecule has 34 heavy (non-hydrogen) atoms. The van der Waals surface area contributed by atoms with E-state index >= 15 is 0 Å². The van der Waals surface area contributed by atoms with Crippen LogP contribution in [0.5, 0.6) is 0 Å². The average molecular weight is 529 g/mol. The molecular weight excluding hydrogens is 497 g/mol. The van der Waals surface area contributed by atoms with Gasteiger partial charge >= 0.3 is 0 Å². The summed E-state index contributed by atoms with van der Waals surface area (Å²) in [5.41, 5.74) is 1.38. The highest BCUT2D eigenvalue weighted by molar-refractivity contribution is 7.92. The second-order valence-electron chi connectivity index (χ2n) is 9.28. The van der Waals surface area contributed by atoms with Gasteiger partial charge in [0.25, 0.3) is 0 Å². The summed E-state index contributed by atoms with van der Waals surface area (Å²) in [5, 5.41) is 3.64. The Bertz CT molecular complexity index is 1150. The van der Waals surface area contributed by atoms with E-state index in [2.05, 4.69) is 5.32 Å². The van der Waals surface area contributed by atoms with Gasteiger partial charge < -0.3 is 10.2 Å². The number of aryl methyl sites for hydroxylation is 1. The smallest absolute Gasteiger partial charge is 0.244 e. The van der Waals surface area contributed by atoms with Gasteiger partial charge in [0.1, 0.15) is 12.6 Å². The topological polar surface area (TPSA) is 86.8 Å². The molecule has 0 fully saturated rings. The Balaban J connectivity index is 2.43. The third kappa shape index (κ3) is 7.89. The van der Waals surface area contributed by atoms with Crippen molar-refractivity contribution in [2.45, 2.75) is 52.7 Å². The summed E-state index contributed by atoms with van der Waals surface area (Å²) in [7, 11) is -3.78. The maximum atomic E-state index is 13.5. The summed E-state index contributed by atoms with van der Waals surface area (Å²) >= 11 is 12.3. The molecule has 0 heterocycles. The van der Waals surface area contributed by atoms with Crippen LogP contribution in [-0.4, -0.2) is 49.5 Å². The average Bonchev–Trinajstić information content (AvgIpc) is 2.69. The van der Waals surface area contributed by atoms with Crippen LogP contribution in [0.2, 0.25) is 10.0 Å². The molecule has 7 nitrogen and oxygen atoms in total. The van der Waals surface area contributed by atoms with Gasteiger partial charge in [-0.15, -0.1) is 0 Å². The molecule has 0 aliphatic heterocycles. The molecule has 0 aliphatic carbocycles. The number of rotatable bonds is 8. The molecule has 186 valence electrons. The van der Waals surface area contributed by atoms with E-state index in [0.717, 1.165) is 16.1 Å². The number of hydrogen-bond donors (Lipinski definition) is 1. The van der Waals surface area contributed by atoms with Crippen molar-refractivity contribution >= 4 is 50.7 Å². The molecule has 0 spiro atoms. The van der Waals surface area contributed by atoms with Crippen LogP contribution < -0.4 is 9.62 Å². The lowest BCUT2D eigenvalue weighted by Gasteiger charge is -2.33. The van der Waals surface area contributed by atoms with E-state index < -0.39 is 34.1 Å². The normalized spacial score (nSPS) is 12.7. The van der Waals surface area contributed by atoms with Crippen LogP contribution in [0.25, 0.3) is 0 Å². The highest BCUT2D eigenvalue weighted by Gasteiger charge is 2.31. The number of carbonyl (C=O) groups excluding carboxylic acids is 2. The lowest BCUT2D eigenvalue weighted by molar-refractivity contribution is -0.140. The molecule has 2 aromatic rings. The van der Waals surface area contributed by atoms with E-state index in [0.29, 0.717) is 21.3 Å². The van der Waals surface area contributed by atoms with Crippen molar-refractivity contribution in [2.75, 3.05) is 17.1 Å². The van der Waals surface area contributed by atoms with Gasteiger partial charge in [0.15, 0.2) is 0 Å². The Hall–Kier alpha value is -2.29. The molecule has 0 aromatic heterocycles. The maximum Gasteiger partial charge on any atom is 0.244 e. The van der Waals surface area contributed by atoms with E-state index in [1.165, 1.54) is 4.90 Å². The van der Waals surface area contributed by atoms with Gasteiger partial charge in [-0.25, -0.2) is 8.42 Å². The van der Waals surface area contributed by atoms with Crippen molar-refractivity contribution in [3.8, 4) is 0 Å². The van der Waals surface area contributed by atoms with Crippen molar-refractivity contribution < 1.29 is 18.0 Å². The van der Waals surface area contributed by atoms with Crippen LogP contribution in [0.3, 0.4) is 0 Å². The molecule has 2 aromatic carbocycles. The Morgan fingerprint density at radius 2 is 1.65 bits per heavy atom. The number of benzene rings is 2. The highest BCUT2D eigenvalue weighted by atomic mass is 35.5. The Morgan fingerprint density at radius 1 is 1.06 bits per heavy atom. The first kappa shape index (κ1) is 28.0. The van der Waals surface area contributed by atoms with Gasteiger partial charge in [-0.1, -0.05) is 47.0 Å². The second kappa shape index (κ2) is 11.0. The first-order valence-electron chi connectivity index (χ1n) is 10.7. The number of sulfonamides is 1. The fraction of sp³-hybridized carbons (Fsp3) is 0.417. The number of nitrogens with one attached hydrogen (secondary N) is 1. The Kier molecular flexibility index (Phi) is 9.02. The van der Waals surface area contributed by atoms with Crippen LogP contribution >= 0.6 is 23.2 Å². The van der Waals surface area contributed by atoms with Crippen LogP contribution in [-0.2, 0) is 26.2 Å². The lowest BCUT2D eigenvalue weighted by Crippen LogP contribution is -2.54. The molecule has 0 bridgehead atoms. The minimum atomic E-state index is -3.78. The predicted octanol–water partition coefficient (Wildman–Crippen LogP) is 4.40. The summed E-state index contributed by atoms with van der Waals surface area (Å²) in [6.45, 7) is 8.51. The summed E-state index contributed by atoms with van der Waals surface area (Å²) in [5.74, 6) is -0.916. The fourth-order valence-corrected chi connectivity index (χ4v) is 4.53. The summed E-state index contributed by atoms with van der Waals surface area (Å²) in [4.78, 5) is 27.8. The number of nitrogens with zero attached hydrogens (tertiary/aromatic N) is 2. The van der Waals surface area contributed by atoms with E-state index in [1.807, 2.05) is 27.7 Å². The molecule has 1 N–H and O–H groups in total. The zero-order valence-corrected chi connectivity index (χ0v) is 22.6. The van der Waals surface area contributed by atoms with Crippen LogP contribution in [0.15, 0.2) is 42.5 Å². The van der Waals surface area contributed by atoms with Gasteiger partial charge in [0.05, 0.1) is 11.9 Å². The molecule has 0 aliphatic rings. The molecule has 1 atom stereocenters. The molecule has 10 heteroatoms. The van der Waals surface area contributed by atoms with E-state index in [4.69, 9.17) is 23.2 Å². The fourth-order valence-electron chi connectivity index (χ4n) is 3.21. The van der Waals surface area contributed by atoms with Crippen LogP contribution in [0.1, 0.15) is 38.8 Å². The summed E-state index contributed by atoms with van der Waals surface area (Å²) in [6, 6.07) is 10.8. The van der Waals surface area contributed by atoms with E-state index in [1.54, 1.807) is 49.4 Å². The van der Waals surface area contributed by atoms with E-state index in [-0.39, 0.29) is 12.5 Å². The molecule has 2 rings (SSSR count). The van der Waals surface area contributed by atoms with Gasteiger partial charge in [0, 0.05) is 22.1 Å². The first-order chi connectivity index (χ1) is 15.6. The third-order valence-electron chi connectivity index (χ3n) is 5.02. The Labute approximate surface area is 212 Å². The van der Waals surface area contributed by atoms with Crippen molar-refractivity contribution in [1.29, 1.82) is 0 Å². The number of hydrogen-bond acceptors (Lipinski definition) is 4. The standard InChI is InChI=1S/C24H31Cl2N3O4S/c1-16-7-11-20(12-8-16)29(34(6,32)33)15-22(30)28(17(2)23(31)27-24(3,4)5)14-18-9-10-19(25)13-21(18)26/h7-13,17H,14-15H2,1-6H3,(H,27,31). The monoisotopic (exact) mass is 527 g/mol. The first-order valence-corrected chi connectivity index (χ1v) is 13.3. The molecule has 0 saturated heterocycles. The van der Waals surface area contributed by atoms with Crippen molar-refractivity contribution in [1.82, 2.24) is 10.2 Å². The number of anilines is 1.